The average molecular weight is 179 g/mol. The van der Waals surface area contributed by atoms with Gasteiger partial charge in [-0.1, -0.05) is 13.8 Å². The van der Waals surface area contributed by atoms with Crippen LogP contribution in [0.1, 0.15) is 35.7 Å². The molecule has 0 saturated carbocycles. The molecule has 3 nitrogen and oxygen atoms in total. The van der Waals surface area contributed by atoms with Crippen LogP contribution < -0.4 is 0 Å². The Morgan fingerprint density at radius 2 is 2.15 bits per heavy atom. The van der Waals surface area contributed by atoms with E-state index in [9.17, 15) is 4.79 Å². The van der Waals surface area contributed by atoms with E-state index < -0.39 is 0 Å². The van der Waals surface area contributed by atoms with Gasteiger partial charge in [0.05, 0.1) is 12.7 Å². The summed E-state index contributed by atoms with van der Waals surface area (Å²) >= 11 is 0. The molecule has 1 rings (SSSR count). The van der Waals surface area contributed by atoms with Gasteiger partial charge in [-0.25, -0.2) is 4.79 Å². The Labute approximate surface area is 77.8 Å². The topological polar surface area (TPSA) is 39.2 Å². The van der Waals surface area contributed by atoms with Gasteiger partial charge in [-0.15, -0.1) is 0 Å². The van der Waals surface area contributed by atoms with Gasteiger partial charge in [0.25, 0.3) is 0 Å². The Balaban J connectivity index is 2.98. The van der Waals surface area contributed by atoms with Crippen molar-refractivity contribution in [1.29, 1.82) is 0 Å². The van der Waals surface area contributed by atoms with Crippen molar-refractivity contribution >= 4 is 5.97 Å². The molecule has 0 N–H and O–H groups in total. The van der Waals surface area contributed by atoms with Crippen molar-refractivity contribution in [2.45, 2.75) is 19.8 Å². The largest absolute Gasteiger partial charge is 0.465 e. The van der Waals surface area contributed by atoms with Crippen molar-refractivity contribution in [3.05, 3.63) is 29.6 Å². The van der Waals surface area contributed by atoms with E-state index in [2.05, 4.69) is 23.6 Å². The molecular weight excluding hydrogens is 166 g/mol. The van der Waals surface area contributed by atoms with E-state index in [1.54, 1.807) is 6.20 Å². The molecule has 1 aromatic heterocycles. The summed E-state index contributed by atoms with van der Waals surface area (Å²) in [5, 5.41) is 0. The normalized spacial score (nSPS) is 10.2. The van der Waals surface area contributed by atoms with Crippen molar-refractivity contribution in [2.75, 3.05) is 7.11 Å². The van der Waals surface area contributed by atoms with Gasteiger partial charge < -0.3 is 4.74 Å². The molecule has 0 aliphatic carbocycles. The van der Waals surface area contributed by atoms with Crippen LogP contribution in [0.3, 0.4) is 0 Å². The van der Waals surface area contributed by atoms with Gasteiger partial charge in [0.15, 0.2) is 0 Å². The molecule has 70 valence electrons. The molecule has 3 heteroatoms. The summed E-state index contributed by atoms with van der Waals surface area (Å²) < 4.78 is 4.59. The molecule has 0 aliphatic heterocycles. The average Bonchev–Trinajstić information content (AvgIpc) is 2.17. The highest BCUT2D eigenvalue weighted by atomic mass is 16.5. The summed E-state index contributed by atoms with van der Waals surface area (Å²) in [5.74, 6) is 0.0344. The van der Waals surface area contributed by atoms with Crippen molar-refractivity contribution in [1.82, 2.24) is 4.98 Å². The van der Waals surface area contributed by atoms with Gasteiger partial charge in [-0.2, -0.15) is 0 Å². The third kappa shape index (κ3) is 2.28. The third-order valence-electron chi connectivity index (χ3n) is 1.85. The first kappa shape index (κ1) is 9.71. The SMILES string of the molecule is COC(=O)c1cncc(C(C)C)c1. The Hall–Kier alpha value is -1.38. The van der Waals surface area contributed by atoms with Crippen molar-refractivity contribution < 1.29 is 9.53 Å². The molecule has 0 amide bonds. The maximum absolute atomic E-state index is 11.1. The molecule has 0 aliphatic rings. The van der Waals surface area contributed by atoms with Gasteiger partial charge >= 0.3 is 5.97 Å². The molecule has 0 fully saturated rings. The van der Waals surface area contributed by atoms with Crippen LogP contribution in [0, 0.1) is 0 Å². The highest BCUT2D eigenvalue weighted by Gasteiger charge is 2.07. The van der Waals surface area contributed by atoms with E-state index in [1.807, 2.05) is 6.07 Å². The van der Waals surface area contributed by atoms with Crippen LogP contribution in [-0.2, 0) is 4.74 Å². The van der Waals surface area contributed by atoms with Gasteiger partial charge in [0, 0.05) is 12.4 Å². The first-order chi connectivity index (χ1) is 6.15. The van der Waals surface area contributed by atoms with E-state index in [-0.39, 0.29) is 5.97 Å². The maximum Gasteiger partial charge on any atom is 0.339 e. The number of methoxy groups -OCH3 is 1. The standard InChI is InChI=1S/C10H13NO2/c1-7(2)8-4-9(6-11-5-8)10(12)13-3/h4-7H,1-3H3. The molecule has 0 aromatic carbocycles. The second-order valence-electron chi connectivity index (χ2n) is 3.15. The first-order valence-corrected chi connectivity index (χ1v) is 4.18. The Morgan fingerprint density at radius 1 is 1.46 bits per heavy atom. The highest BCUT2D eigenvalue weighted by Crippen LogP contribution is 2.14. The number of hydrogen-bond acceptors (Lipinski definition) is 3. The van der Waals surface area contributed by atoms with Crippen LogP contribution >= 0.6 is 0 Å². The zero-order valence-electron chi connectivity index (χ0n) is 8.07. The minimum atomic E-state index is -0.338. The zero-order valence-corrected chi connectivity index (χ0v) is 8.07. The predicted molar refractivity (Wildman–Crippen MR) is 49.7 cm³/mol. The fourth-order valence-corrected chi connectivity index (χ4v) is 1.00. The lowest BCUT2D eigenvalue weighted by atomic mass is 10.0. The fraction of sp³-hybridized carbons (Fsp3) is 0.400. The molecule has 1 aromatic rings. The van der Waals surface area contributed by atoms with Crippen molar-refractivity contribution in [3.63, 3.8) is 0 Å². The monoisotopic (exact) mass is 179 g/mol. The summed E-state index contributed by atoms with van der Waals surface area (Å²) in [6.07, 6.45) is 3.27. The summed E-state index contributed by atoms with van der Waals surface area (Å²) in [6, 6.07) is 1.81. The van der Waals surface area contributed by atoms with Gasteiger partial charge in [0.1, 0.15) is 0 Å². The van der Waals surface area contributed by atoms with E-state index in [0.717, 1.165) is 5.56 Å². The quantitative estimate of drug-likeness (QED) is 0.652. The molecule has 0 bridgehead atoms. The Morgan fingerprint density at radius 3 is 2.69 bits per heavy atom. The van der Waals surface area contributed by atoms with Crippen LogP contribution in [0.15, 0.2) is 18.5 Å². The minimum Gasteiger partial charge on any atom is -0.465 e. The molecule has 0 radical (unpaired) electrons. The van der Waals surface area contributed by atoms with Gasteiger partial charge in [-0.05, 0) is 17.5 Å². The summed E-state index contributed by atoms with van der Waals surface area (Å²) in [5.41, 5.74) is 1.55. The number of carbonyl (C=O) groups is 1. The maximum atomic E-state index is 11.1. The molecule has 13 heavy (non-hydrogen) atoms. The van der Waals surface area contributed by atoms with Crippen LogP contribution in [0.4, 0.5) is 0 Å². The van der Waals surface area contributed by atoms with E-state index in [1.165, 1.54) is 13.3 Å². The molecule has 0 spiro atoms. The molecular formula is C10H13NO2. The van der Waals surface area contributed by atoms with Crippen LogP contribution in [0.25, 0.3) is 0 Å². The van der Waals surface area contributed by atoms with Crippen molar-refractivity contribution in [3.8, 4) is 0 Å². The second-order valence-corrected chi connectivity index (χ2v) is 3.15. The summed E-state index contributed by atoms with van der Waals surface area (Å²) in [4.78, 5) is 15.1. The fourth-order valence-electron chi connectivity index (χ4n) is 1.00. The number of esters is 1. The van der Waals surface area contributed by atoms with E-state index >= 15 is 0 Å². The molecule has 0 atom stereocenters. The number of hydrogen-bond donors (Lipinski definition) is 0. The number of carbonyl (C=O) groups excluding carboxylic acids is 1. The van der Waals surface area contributed by atoms with E-state index in [0.29, 0.717) is 11.5 Å². The van der Waals surface area contributed by atoms with Gasteiger partial charge in [-0.3, -0.25) is 4.98 Å². The number of aromatic nitrogens is 1. The lowest BCUT2D eigenvalue weighted by Crippen LogP contribution is -2.03. The number of rotatable bonds is 2. The van der Waals surface area contributed by atoms with Crippen molar-refractivity contribution in [2.24, 2.45) is 0 Å². The molecule has 0 saturated heterocycles. The molecule has 1 heterocycles. The third-order valence-corrected chi connectivity index (χ3v) is 1.85. The smallest absolute Gasteiger partial charge is 0.339 e. The van der Waals surface area contributed by atoms with Crippen LogP contribution in [0.5, 0.6) is 0 Å². The minimum absolute atomic E-state index is 0.338. The highest BCUT2D eigenvalue weighted by molar-refractivity contribution is 5.89. The van der Waals surface area contributed by atoms with Crippen LogP contribution in [-0.4, -0.2) is 18.1 Å². The second kappa shape index (κ2) is 4.03. The summed E-state index contributed by atoms with van der Waals surface area (Å²) in [6.45, 7) is 4.11. The van der Waals surface area contributed by atoms with Crippen LogP contribution in [0.2, 0.25) is 0 Å². The number of nitrogens with zero attached hydrogens (tertiary/aromatic N) is 1. The zero-order chi connectivity index (χ0) is 9.84. The molecule has 0 unspecified atom stereocenters. The lowest BCUT2D eigenvalue weighted by molar-refractivity contribution is 0.0600. The lowest BCUT2D eigenvalue weighted by Gasteiger charge is -2.05. The number of pyridine rings is 1. The summed E-state index contributed by atoms with van der Waals surface area (Å²) in [7, 11) is 1.37. The predicted octanol–water partition coefficient (Wildman–Crippen LogP) is 1.99. The first-order valence-electron chi connectivity index (χ1n) is 4.18. The number of ether oxygens (including phenoxy) is 1. The van der Waals surface area contributed by atoms with E-state index in [4.69, 9.17) is 0 Å². The Bertz CT molecular complexity index is 308. The van der Waals surface area contributed by atoms with Gasteiger partial charge in [0.2, 0.25) is 0 Å². The Kier molecular flexibility index (Phi) is 3.01.